The van der Waals surface area contributed by atoms with Gasteiger partial charge in [0.2, 0.25) is 23.6 Å². The molecule has 2 unspecified atom stereocenters. The SMILES string of the molecule is CCOC(=O)C1=C(C)C2(Br)[C@@H]3C(=O)N(c4ccccc4Cl)C(=O)[C@H]3C1(C)[C@H]1C(=O)N(c3ccccc3Cl)C(=O)[C@@H]12. The van der Waals surface area contributed by atoms with Gasteiger partial charge in [0, 0.05) is 11.0 Å². The molecule has 2 bridgehead atoms. The van der Waals surface area contributed by atoms with Crippen LogP contribution >= 0.6 is 39.1 Å². The number of esters is 1. The minimum Gasteiger partial charge on any atom is -0.463 e. The average molecular weight is 646 g/mol. The summed E-state index contributed by atoms with van der Waals surface area (Å²) >= 11 is 16.6. The molecule has 0 N–H and O–H groups in total. The third-order valence-electron chi connectivity index (χ3n) is 8.96. The fraction of sp³-hybridized carbons (Fsp3) is 0.345. The number of hydrogen-bond donors (Lipinski definition) is 0. The van der Waals surface area contributed by atoms with Gasteiger partial charge in [0.05, 0.1) is 56.0 Å². The second-order valence-electron chi connectivity index (χ2n) is 10.6. The van der Waals surface area contributed by atoms with E-state index in [0.717, 1.165) is 9.80 Å². The number of benzene rings is 2. The maximum atomic E-state index is 14.3. The second kappa shape index (κ2) is 8.99. The Morgan fingerprint density at radius 2 is 1.23 bits per heavy atom. The number of hydrogen-bond acceptors (Lipinski definition) is 6. The molecule has 6 atom stereocenters. The van der Waals surface area contributed by atoms with Crippen LogP contribution in [0.15, 0.2) is 59.7 Å². The van der Waals surface area contributed by atoms with Gasteiger partial charge in [0.1, 0.15) is 0 Å². The highest BCUT2D eigenvalue weighted by molar-refractivity contribution is 9.10. The minimum absolute atomic E-state index is 0.0560. The molecule has 7 rings (SSSR count). The first-order valence-electron chi connectivity index (χ1n) is 12.8. The van der Waals surface area contributed by atoms with Gasteiger partial charge in [-0.25, -0.2) is 14.6 Å². The van der Waals surface area contributed by atoms with E-state index in [4.69, 9.17) is 27.9 Å². The Hall–Kier alpha value is -3.01. The van der Waals surface area contributed by atoms with Crippen LogP contribution in [0.3, 0.4) is 0 Å². The predicted molar refractivity (Wildman–Crippen MR) is 151 cm³/mol. The molecular formula is C29H23BrCl2N2O6. The van der Waals surface area contributed by atoms with Gasteiger partial charge in [-0.3, -0.25) is 19.2 Å². The molecule has 8 nitrogen and oxygen atoms in total. The van der Waals surface area contributed by atoms with E-state index in [9.17, 15) is 24.0 Å². The molecule has 1 saturated carbocycles. The lowest BCUT2D eigenvalue weighted by Gasteiger charge is -2.59. The standard InChI is InChI=1S/C29H23BrCl2N2O6/c1-4-40-27(39)18-13(2)29(30)21-19(23(35)33(25(21)37)16-11-7-5-9-14(16)31)28(18,3)20-22(29)26(38)34(24(20)36)17-12-8-6-10-15(17)32/h5-12,19-22H,4H2,1-3H3/t19-,20+,21-,22+,28?,29?. The first-order valence-corrected chi connectivity index (χ1v) is 14.3. The molecular weight excluding hydrogens is 623 g/mol. The van der Waals surface area contributed by atoms with Crippen LogP contribution < -0.4 is 9.80 Å². The molecule has 11 heteroatoms. The molecule has 4 amide bonds. The molecule has 5 aliphatic rings. The Morgan fingerprint density at radius 3 is 1.62 bits per heavy atom. The summed E-state index contributed by atoms with van der Waals surface area (Å²) in [4.78, 5) is 72.6. The molecule has 206 valence electrons. The summed E-state index contributed by atoms with van der Waals surface area (Å²) in [6.45, 7) is 4.98. The second-order valence-corrected chi connectivity index (χ2v) is 12.7. The van der Waals surface area contributed by atoms with Crippen molar-refractivity contribution in [3.8, 4) is 0 Å². The number of anilines is 2. The van der Waals surface area contributed by atoms with Gasteiger partial charge in [-0.2, -0.15) is 0 Å². The lowest BCUT2D eigenvalue weighted by molar-refractivity contribution is -0.152. The number of nitrogens with zero attached hydrogens (tertiary/aromatic N) is 2. The lowest BCUT2D eigenvalue weighted by Crippen LogP contribution is -2.67. The van der Waals surface area contributed by atoms with Crippen LogP contribution in [0.5, 0.6) is 0 Å². The van der Waals surface area contributed by atoms with Crippen LogP contribution in [-0.2, 0) is 28.7 Å². The van der Waals surface area contributed by atoms with Crippen molar-refractivity contribution in [3.63, 3.8) is 0 Å². The highest BCUT2D eigenvalue weighted by Crippen LogP contribution is 2.72. The Bertz CT molecular complexity index is 1500. The van der Waals surface area contributed by atoms with E-state index in [0.29, 0.717) is 5.57 Å². The maximum Gasteiger partial charge on any atom is 0.334 e. The van der Waals surface area contributed by atoms with Crippen LogP contribution in [-0.4, -0.2) is 40.5 Å². The number of ether oxygens (including phenoxy) is 1. The van der Waals surface area contributed by atoms with E-state index in [1.165, 1.54) is 0 Å². The molecule has 0 spiro atoms. The third kappa shape index (κ3) is 3.11. The Kier molecular flexibility index (Phi) is 6.11. The fourth-order valence-corrected chi connectivity index (χ4v) is 9.03. The number of carbonyl (C=O) groups is 5. The highest BCUT2D eigenvalue weighted by atomic mass is 79.9. The molecule has 0 aromatic heterocycles. The van der Waals surface area contributed by atoms with E-state index in [-0.39, 0.29) is 33.6 Å². The topological polar surface area (TPSA) is 101 Å². The number of imide groups is 2. The van der Waals surface area contributed by atoms with Gasteiger partial charge in [-0.15, -0.1) is 0 Å². The Morgan fingerprint density at radius 1 is 0.825 bits per heavy atom. The smallest absolute Gasteiger partial charge is 0.334 e. The molecule has 3 fully saturated rings. The van der Waals surface area contributed by atoms with Crippen molar-refractivity contribution in [2.45, 2.75) is 25.1 Å². The predicted octanol–water partition coefficient (Wildman–Crippen LogP) is 4.95. The lowest BCUT2D eigenvalue weighted by atomic mass is 9.43. The van der Waals surface area contributed by atoms with Crippen molar-refractivity contribution in [2.24, 2.45) is 29.1 Å². The van der Waals surface area contributed by atoms with Crippen molar-refractivity contribution in [3.05, 3.63) is 69.7 Å². The zero-order valence-corrected chi connectivity index (χ0v) is 24.7. The Balaban J connectivity index is 1.61. The highest BCUT2D eigenvalue weighted by Gasteiger charge is 2.81. The molecule has 3 aliphatic carbocycles. The summed E-state index contributed by atoms with van der Waals surface area (Å²) in [5.41, 5.74) is -0.641. The fourth-order valence-electron chi connectivity index (χ4n) is 7.47. The van der Waals surface area contributed by atoms with Crippen molar-refractivity contribution in [1.82, 2.24) is 0 Å². The number of alkyl halides is 1. The van der Waals surface area contributed by atoms with Gasteiger partial charge >= 0.3 is 5.97 Å². The molecule has 2 heterocycles. The third-order valence-corrected chi connectivity index (χ3v) is 11.2. The van der Waals surface area contributed by atoms with Crippen molar-refractivity contribution in [2.75, 3.05) is 16.4 Å². The number of rotatable bonds is 4. The van der Waals surface area contributed by atoms with Gasteiger partial charge in [0.15, 0.2) is 0 Å². The molecule has 40 heavy (non-hydrogen) atoms. The number of carbonyl (C=O) groups excluding carboxylic acids is 5. The van der Waals surface area contributed by atoms with E-state index >= 15 is 0 Å². The minimum atomic E-state index is -1.55. The zero-order valence-electron chi connectivity index (χ0n) is 21.6. The summed E-state index contributed by atoms with van der Waals surface area (Å²) in [5.74, 6) is -7.52. The average Bonchev–Trinajstić information content (AvgIpc) is 3.34. The van der Waals surface area contributed by atoms with Gasteiger partial charge in [-0.1, -0.05) is 70.3 Å². The first-order chi connectivity index (χ1) is 18.9. The number of para-hydroxylation sites is 2. The monoisotopic (exact) mass is 644 g/mol. The van der Waals surface area contributed by atoms with E-state index in [1.54, 1.807) is 69.3 Å². The molecule has 2 aromatic rings. The molecule has 2 aliphatic heterocycles. The summed E-state index contributed by atoms with van der Waals surface area (Å²) in [5, 5.41) is 0.382. The van der Waals surface area contributed by atoms with Gasteiger partial charge in [0.25, 0.3) is 0 Å². The van der Waals surface area contributed by atoms with Gasteiger partial charge in [-0.05, 0) is 43.7 Å². The van der Waals surface area contributed by atoms with Gasteiger partial charge < -0.3 is 4.74 Å². The van der Waals surface area contributed by atoms with E-state index in [2.05, 4.69) is 15.9 Å². The maximum absolute atomic E-state index is 14.3. The normalized spacial score (nSPS) is 32.6. The molecule has 2 saturated heterocycles. The molecule has 0 radical (unpaired) electrons. The van der Waals surface area contributed by atoms with Crippen molar-refractivity contribution in [1.29, 1.82) is 0 Å². The van der Waals surface area contributed by atoms with Crippen LogP contribution in [0, 0.1) is 29.1 Å². The summed E-state index contributed by atoms with van der Waals surface area (Å²) in [7, 11) is 0. The van der Waals surface area contributed by atoms with Crippen LogP contribution in [0.25, 0.3) is 0 Å². The van der Waals surface area contributed by atoms with E-state index in [1.807, 2.05) is 0 Å². The van der Waals surface area contributed by atoms with Crippen LogP contribution in [0.1, 0.15) is 20.8 Å². The number of halogens is 3. The summed E-state index contributed by atoms with van der Waals surface area (Å²) in [6, 6.07) is 12.9. The quantitative estimate of drug-likeness (QED) is 0.265. The first kappa shape index (κ1) is 27.2. The summed E-state index contributed by atoms with van der Waals surface area (Å²) < 4.78 is 3.88. The Labute approximate surface area is 248 Å². The summed E-state index contributed by atoms with van der Waals surface area (Å²) in [6.07, 6.45) is 0. The largest absolute Gasteiger partial charge is 0.463 e. The van der Waals surface area contributed by atoms with E-state index < -0.39 is 63.0 Å². The van der Waals surface area contributed by atoms with Crippen molar-refractivity contribution >= 4 is 80.1 Å². The van der Waals surface area contributed by atoms with Crippen LogP contribution in [0.2, 0.25) is 10.0 Å². The van der Waals surface area contributed by atoms with Crippen LogP contribution in [0.4, 0.5) is 11.4 Å². The zero-order chi connectivity index (χ0) is 28.9. The van der Waals surface area contributed by atoms with Crippen molar-refractivity contribution < 1.29 is 28.7 Å². The number of amides is 4. The number of allylic oxidation sites excluding steroid dienone is 1. The molecule has 2 aromatic carbocycles.